The SMILES string of the molecule is CN(C)CCOc1ccc2oc(-c3cc4cccn4cn3)cc(=NO)c2c1.Cl. The Hall–Kier alpha value is -3.03. The van der Waals surface area contributed by atoms with Gasteiger partial charge in [0.15, 0.2) is 5.76 Å². The summed E-state index contributed by atoms with van der Waals surface area (Å²) in [5.41, 5.74) is 2.26. The Balaban J connectivity index is 0.00000225. The zero-order valence-electron chi connectivity index (χ0n) is 15.6. The van der Waals surface area contributed by atoms with E-state index in [0.29, 0.717) is 40.1 Å². The lowest BCUT2D eigenvalue weighted by molar-refractivity contribution is 0.261. The van der Waals surface area contributed by atoms with Crippen LogP contribution in [0.1, 0.15) is 0 Å². The van der Waals surface area contributed by atoms with Crippen molar-refractivity contribution >= 4 is 28.9 Å². The van der Waals surface area contributed by atoms with Gasteiger partial charge < -0.3 is 23.7 Å². The van der Waals surface area contributed by atoms with Gasteiger partial charge in [-0.3, -0.25) is 0 Å². The molecule has 0 aliphatic rings. The quantitative estimate of drug-likeness (QED) is 0.410. The van der Waals surface area contributed by atoms with Gasteiger partial charge >= 0.3 is 0 Å². The van der Waals surface area contributed by atoms with Crippen LogP contribution in [0.15, 0.2) is 64.6 Å². The fraction of sp³-hybridized carbons (Fsp3) is 0.200. The molecule has 0 bridgehead atoms. The summed E-state index contributed by atoms with van der Waals surface area (Å²) in [6, 6.07) is 13.0. The largest absolute Gasteiger partial charge is 0.492 e. The van der Waals surface area contributed by atoms with Gasteiger partial charge in [0, 0.05) is 24.3 Å². The highest BCUT2D eigenvalue weighted by Crippen LogP contribution is 2.24. The highest BCUT2D eigenvalue weighted by molar-refractivity contribution is 5.85. The van der Waals surface area contributed by atoms with Crippen molar-refractivity contribution in [3.8, 4) is 17.2 Å². The summed E-state index contributed by atoms with van der Waals surface area (Å²) in [6.07, 6.45) is 3.65. The van der Waals surface area contributed by atoms with Crippen molar-refractivity contribution in [2.24, 2.45) is 5.16 Å². The van der Waals surface area contributed by atoms with Gasteiger partial charge in [0.2, 0.25) is 0 Å². The molecule has 0 amide bonds. The second-order valence-corrected chi connectivity index (χ2v) is 6.52. The summed E-state index contributed by atoms with van der Waals surface area (Å²) >= 11 is 0. The van der Waals surface area contributed by atoms with Crippen LogP contribution < -0.4 is 10.1 Å². The molecule has 146 valence electrons. The molecule has 3 aromatic heterocycles. The van der Waals surface area contributed by atoms with Crippen LogP contribution in [0.5, 0.6) is 5.75 Å². The van der Waals surface area contributed by atoms with E-state index in [4.69, 9.17) is 9.15 Å². The van der Waals surface area contributed by atoms with Gasteiger partial charge in [0.25, 0.3) is 0 Å². The van der Waals surface area contributed by atoms with Gasteiger partial charge in [-0.05, 0) is 50.5 Å². The molecule has 3 heterocycles. The monoisotopic (exact) mass is 400 g/mol. The first-order valence-corrected chi connectivity index (χ1v) is 8.61. The molecule has 8 heteroatoms. The number of aromatic nitrogens is 2. The summed E-state index contributed by atoms with van der Waals surface area (Å²) in [4.78, 5) is 6.47. The maximum absolute atomic E-state index is 9.50. The third-order valence-corrected chi connectivity index (χ3v) is 4.30. The van der Waals surface area contributed by atoms with Crippen LogP contribution in [0.4, 0.5) is 0 Å². The number of benzene rings is 1. The van der Waals surface area contributed by atoms with E-state index in [2.05, 4.69) is 10.1 Å². The van der Waals surface area contributed by atoms with Crippen LogP contribution in [-0.2, 0) is 0 Å². The summed E-state index contributed by atoms with van der Waals surface area (Å²) in [6.45, 7) is 1.38. The topological polar surface area (TPSA) is 75.5 Å². The fourth-order valence-corrected chi connectivity index (χ4v) is 2.86. The van der Waals surface area contributed by atoms with Crippen molar-refractivity contribution in [3.63, 3.8) is 0 Å². The lowest BCUT2D eigenvalue weighted by Crippen LogP contribution is -2.19. The molecule has 0 spiro atoms. The Bertz CT molecular complexity index is 1170. The predicted octanol–water partition coefficient (Wildman–Crippen LogP) is 3.40. The Morgan fingerprint density at radius 3 is 2.86 bits per heavy atom. The summed E-state index contributed by atoms with van der Waals surface area (Å²) in [5, 5.41) is 14.0. The van der Waals surface area contributed by atoms with Crippen molar-refractivity contribution in [2.75, 3.05) is 27.2 Å². The van der Waals surface area contributed by atoms with Gasteiger partial charge in [0.05, 0.1) is 11.7 Å². The minimum atomic E-state index is 0. The van der Waals surface area contributed by atoms with E-state index in [1.54, 1.807) is 12.4 Å². The Kier molecular flexibility index (Phi) is 5.87. The number of hydrogen-bond donors (Lipinski definition) is 1. The van der Waals surface area contributed by atoms with Crippen LogP contribution >= 0.6 is 12.4 Å². The van der Waals surface area contributed by atoms with Gasteiger partial charge in [-0.25, -0.2) is 4.98 Å². The van der Waals surface area contributed by atoms with E-state index < -0.39 is 0 Å². The number of likely N-dealkylation sites (N-methyl/N-ethyl adjacent to an activating group) is 1. The van der Waals surface area contributed by atoms with E-state index in [0.717, 1.165) is 12.1 Å². The molecule has 0 saturated carbocycles. The average Bonchev–Trinajstić information content (AvgIpc) is 3.14. The number of halogens is 1. The highest BCUT2D eigenvalue weighted by atomic mass is 35.5. The highest BCUT2D eigenvalue weighted by Gasteiger charge is 2.10. The molecule has 28 heavy (non-hydrogen) atoms. The van der Waals surface area contributed by atoms with Crippen molar-refractivity contribution in [1.82, 2.24) is 14.3 Å². The number of nitrogens with zero attached hydrogens (tertiary/aromatic N) is 4. The molecular weight excluding hydrogens is 380 g/mol. The van der Waals surface area contributed by atoms with Gasteiger partial charge in [-0.2, -0.15) is 0 Å². The number of fused-ring (bicyclic) bond motifs is 2. The Labute approximate surface area is 167 Å². The van der Waals surface area contributed by atoms with Gasteiger partial charge in [0.1, 0.15) is 29.0 Å². The average molecular weight is 401 g/mol. The molecule has 0 saturated heterocycles. The Morgan fingerprint density at radius 2 is 2.07 bits per heavy atom. The molecule has 0 aliphatic carbocycles. The fourth-order valence-electron chi connectivity index (χ4n) is 2.86. The lowest BCUT2D eigenvalue weighted by atomic mass is 10.2. The van der Waals surface area contributed by atoms with E-state index >= 15 is 0 Å². The van der Waals surface area contributed by atoms with Crippen molar-refractivity contribution in [2.45, 2.75) is 0 Å². The van der Waals surface area contributed by atoms with Crippen LogP contribution in [0.3, 0.4) is 0 Å². The minimum Gasteiger partial charge on any atom is -0.492 e. The van der Waals surface area contributed by atoms with Gasteiger partial charge in [-0.1, -0.05) is 5.16 Å². The first-order valence-electron chi connectivity index (χ1n) is 8.61. The zero-order valence-corrected chi connectivity index (χ0v) is 16.4. The lowest BCUT2D eigenvalue weighted by Gasteiger charge is -2.11. The number of hydrogen-bond acceptors (Lipinski definition) is 6. The maximum atomic E-state index is 9.50. The van der Waals surface area contributed by atoms with Crippen molar-refractivity contribution < 1.29 is 14.4 Å². The smallest absolute Gasteiger partial charge is 0.155 e. The molecule has 0 aliphatic heterocycles. The van der Waals surface area contributed by atoms with Crippen LogP contribution in [0.25, 0.3) is 27.9 Å². The van der Waals surface area contributed by atoms with E-state index in [9.17, 15) is 5.21 Å². The van der Waals surface area contributed by atoms with Crippen LogP contribution in [-0.4, -0.2) is 46.7 Å². The molecule has 0 radical (unpaired) electrons. The van der Waals surface area contributed by atoms with E-state index in [1.807, 2.05) is 66.0 Å². The zero-order chi connectivity index (χ0) is 18.8. The van der Waals surface area contributed by atoms with Crippen LogP contribution in [0, 0.1) is 0 Å². The molecule has 0 atom stereocenters. The molecule has 0 fully saturated rings. The predicted molar refractivity (Wildman–Crippen MR) is 109 cm³/mol. The molecular formula is C20H21ClN4O3. The maximum Gasteiger partial charge on any atom is 0.155 e. The van der Waals surface area contributed by atoms with Gasteiger partial charge in [-0.15, -0.1) is 12.4 Å². The first-order chi connectivity index (χ1) is 13.1. The molecule has 1 aromatic carbocycles. The van der Waals surface area contributed by atoms with E-state index in [-0.39, 0.29) is 12.4 Å². The second kappa shape index (κ2) is 8.33. The summed E-state index contributed by atoms with van der Waals surface area (Å²) < 4.78 is 13.7. The van der Waals surface area contributed by atoms with E-state index in [1.165, 1.54) is 0 Å². The molecule has 0 unspecified atom stereocenters. The van der Waals surface area contributed by atoms with Crippen LogP contribution in [0.2, 0.25) is 0 Å². The Morgan fingerprint density at radius 1 is 1.21 bits per heavy atom. The minimum absolute atomic E-state index is 0. The molecule has 7 nitrogen and oxygen atoms in total. The standard InChI is InChI=1S/C20H20N4O3.ClH/c1-23(2)8-9-26-15-5-6-19-16(11-15)17(22-25)12-20(27-19)18-10-14-4-3-7-24(14)13-21-18;/h3-7,10-13,25H,8-9H2,1-2H3;1H. The second-order valence-electron chi connectivity index (χ2n) is 6.52. The molecule has 4 rings (SSSR count). The first kappa shape index (κ1) is 19.7. The summed E-state index contributed by atoms with van der Waals surface area (Å²) in [7, 11) is 3.98. The molecule has 4 aromatic rings. The number of ether oxygens (including phenoxy) is 1. The normalized spacial score (nSPS) is 11.9. The van der Waals surface area contributed by atoms with Crippen molar-refractivity contribution in [1.29, 1.82) is 0 Å². The summed E-state index contributed by atoms with van der Waals surface area (Å²) in [5.74, 6) is 1.23. The molecule has 1 N–H and O–H groups in total. The third-order valence-electron chi connectivity index (χ3n) is 4.30. The van der Waals surface area contributed by atoms with Crippen molar-refractivity contribution in [3.05, 3.63) is 60.3 Å². The third kappa shape index (κ3) is 3.95. The number of rotatable bonds is 5.